The van der Waals surface area contributed by atoms with Gasteiger partial charge in [0.2, 0.25) is 5.91 Å². The number of carboxylic acid groups (broad SMARTS) is 1. The molecule has 1 fully saturated rings. The van der Waals surface area contributed by atoms with E-state index in [1.807, 2.05) is 24.3 Å². The molecule has 1 saturated carbocycles. The maximum absolute atomic E-state index is 11.8. The number of halogens is 1. The highest BCUT2D eigenvalue weighted by atomic mass is 79.9. The monoisotopic (exact) mass is 311 g/mol. The van der Waals surface area contributed by atoms with E-state index in [9.17, 15) is 9.59 Å². The van der Waals surface area contributed by atoms with Crippen molar-refractivity contribution in [2.24, 2.45) is 5.92 Å². The highest BCUT2D eigenvalue weighted by Gasteiger charge is 2.44. The first kappa shape index (κ1) is 13.1. The summed E-state index contributed by atoms with van der Waals surface area (Å²) in [5, 5.41) is 11.2. The number of rotatable bonds is 4. The average molecular weight is 312 g/mol. The number of benzene rings is 1. The van der Waals surface area contributed by atoms with Crippen molar-refractivity contribution < 1.29 is 14.7 Å². The van der Waals surface area contributed by atoms with Crippen LogP contribution in [0.4, 0.5) is 0 Å². The molecule has 2 N–H and O–H groups in total. The molecule has 2 unspecified atom stereocenters. The van der Waals surface area contributed by atoms with Crippen molar-refractivity contribution in [2.75, 3.05) is 0 Å². The summed E-state index contributed by atoms with van der Waals surface area (Å²) in [6.07, 6.45) is 0.791. The van der Waals surface area contributed by atoms with Crippen LogP contribution in [0.3, 0.4) is 0 Å². The smallest absolute Gasteiger partial charge is 0.325 e. The second-order valence-corrected chi connectivity index (χ2v) is 5.48. The van der Waals surface area contributed by atoms with E-state index in [2.05, 4.69) is 21.2 Å². The first-order chi connectivity index (χ1) is 8.49. The third kappa shape index (κ3) is 2.90. The fraction of sp³-hybridized carbons (Fsp3) is 0.385. The molecule has 0 bridgehead atoms. The van der Waals surface area contributed by atoms with Crippen LogP contribution in [-0.2, 0) is 9.59 Å². The molecule has 1 amide bonds. The summed E-state index contributed by atoms with van der Waals surface area (Å²) in [4.78, 5) is 22.4. The van der Waals surface area contributed by atoms with Gasteiger partial charge in [0.15, 0.2) is 0 Å². The Labute approximate surface area is 114 Å². The van der Waals surface area contributed by atoms with Gasteiger partial charge in [-0.3, -0.25) is 9.59 Å². The van der Waals surface area contributed by atoms with Crippen molar-refractivity contribution in [3.05, 3.63) is 34.3 Å². The normalized spacial score (nSPS) is 23.2. The third-order valence-corrected chi connectivity index (χ3v) is 3.68. The number of carbonyl (C=O) groups is 2. The lowest BCUT2D eigenvalue weighted by Gasteiger charge is -2.08. The Morgan fingerprint density at radius 2 is 2.00 bits per heavy atom. The molecule has 4 nitrogen and oxygen atoms in total. The maximum Gasteiger partial charge on any atom is 0.325 e. The molecule has 1 aromatic rings. The van der Waals surface area contributed by atoms with E-state index >= 15 is 0 Å². The van der Waals surface area contributed by atoms with Crippen LogP contribution in [0.2, 0.25) is 0 Å². The van der Waals surface area contributed by atoms with Crippen LogP contribution in [0.1, 0.15) is 24.8 Å². The minimum Gasteiger partial charge on any atom is -0.480 e. The van der Waals surface area contributed by atoms with E-state index in [1.165, 1.54) is 6.92 Å². The fourth-order valence-electron chi connectivity index (χ4n) is 1.95. The van der Waals surface area contributed by atoms with Crippen LogP contribution in [0.25, 0.3) is 0 Å². The van der Waals surface area contributed by atoms with E-state index < -0.39 is 12.0 Å². The lowest BCUT2D eigenvalue weighted by atomic mass is 10.1. The lowest BCUT2D eigenvalue weighted by Crippen LogP contribution is -2.39. The standard InChI is InChI=1S/C13H14BrNO3/c1-7(13(17)18)15-12(16)11-6-10(11)8-2-4-9(14)5-3-8/h2-5,7,10-11H,6H2,1H3,(H,15,16)(H,17,18)/t7-,10?,11?/m1/s1. The molecule has 5 heteroatoms. The van der Waals surface area contributed by atoms with Crippen LogP contribution in [0, 0.1) is 5.92 Å². The van der Waals surface area contributed by atoms with Gasteiger partial charge in [0, 0.05) is 10.4 Å². The zero-order valence-corrected chi connectivity index (χ0v) is 11.5. The zero-order valence-electron chi connectivity index (χ0n) is 9.89. The van der Waals surface area contributed by atoms with Gasteiger partial charge in [-0.05, 0) is 37.0 Å². The summed E-state index contributed by atoms with van der Waals surface area (Å²) in [5.41, 5.74) is 1.13. The first-order valence-electron chi connectivity index (χ1n) is 5.77. The minimum absolute atomic E-state index is 0.0898. The average Bonchev–Trinajstić information content (AvgIpc) is 3.09. The van der Waals surface area contributed by atoms with Crippen LogP contribution < -0.4 is 5.32 Å². The predicted octanol–water partition coefficient (Wildman–Crippen LogP) is 2.14. The van der Waals surface area contributed by atoms with E-state index in [1.54, 1.807) is 0 Å². The molecule has 3 atom stereocenters. The Bertz CT molecular complexity index is 472. The van der Waals surface area contributed by atoms with Crippen LogP contribution >= 0.6 is 15.9 Å². The molecule has 0 aromatic heterocycles. The molecular formula is C13H14BrNO3. The maximum atomic E-state index is 11.8. The second-order valence-electron chi connectivity index (χ2n) is 4.57. The topological polar surface area (TPSA) is 66.4 Å². The van der Waals surface area contributed by atoms with Crippen LogP contribution in [0.5, 0.6) is 0 Å². The third-order valence-electron chi connectivity index (χ3n) is 3.15. The summed E-state index contributed by atoms with van der Waals surface area (Å²) in [7, 11) is 0. The van der Waals surface area contributed by atoms with Gasteiger partial charge in [0.25, 0.3) is 0 Å². The van der Waals surface area contributed by atoms with E-state index in [0.717, 1.165) is 16.5 Å². The van der Waals surface area contributed by atoms with Crippen molar-refractivity contribution in [3.63, 3.8) is 0 Å². The van der Waals surface area contributed by atoms with Crippen molar-refractivity contribution >= 4 is 27.8 Å². The lowest BCUT2D eigenvalue weighted by molar-refractivity contribution is -0.141. The summed E-state index contributed by atoms with van der Waals surface area (Å²) < 4.78 is 1.01. The number of hydrogen-bond acceptors (Lipinski definition) is 2. The largest absolute Gasteiger partial charge is 0.480 e. The zero-order chi connectivity index (χ0) is 13.3. The molecule has 1 aliphatic rings. The Hall–Kier alpha value is -1.36. The molecule has 0 aliphatic heterocycles. The van der Waals surface area contributed by atoms with Crippen molar-refractivity contribution in [3.8, 4) is 0 Å². The number of nitrogens with one attached hydrogen (secondary N) is 1. The van der Waals surface area contributed by atoms with Gasteiger partial charge in [-0.2, -0.15) is 0 Å². The van der Waals surface area contributed by atoms with Gasteiger partial charge < -0.3 is 10.4 Å². The Balaban J connectivity index is 1.93. The van der Waals surface area contributed by atoms with E-state index in [4.69, 9.17) is 5.11 Å². The van der Waals surface area contributed by atoms with Gasteiger partial charge in [-0.25, -0.2) is 0 Å². The number of amides is 1. The number of hydrogen-bond donors (Lipinski definition) is 2. The summed E-state index contributed by atoms with van der Waals surface area (Å²) >= 11 is 3.36. The quantitative estimate of drug-likeness (QED) is 0.895. The number of carbonyl (C=O) groups excluding carboxylic acids is 1. The van der Waals surface area contributed by atoms with Crippen molar-refractivity contribution in [1.29, 1.82) is 0 Å². The van der Waals surface area contributed by atoms with E-state index in [-0.39, 0.29) is 17.7 Å². The molecule has 0 heterocycles. The summed E-state index contributed by atoms with van der Waals surface area (Å²) in [5.74, 6) is -1.05. The fourth-order valence-corrected chi connectivity index (χ4v) is 2.21. The van der Waals surface area contributed by atoms with Gasteiger partial charge >= 0.3 is 5.97 Å². The Morgan fingerprint density at radius 3 is 2.56 bits per heavy atom. The van der Waals surface area contributed by atoms with Crippen molar-refractivity contribution in [2.45, 2.75) is 25.3 Å². The van der Waals surface area contributed by atoms with Gasteiger partial charge in [-0.15, -0.1) is 0 Å². The summed E-state index contributed by atoms with van der Waals surface area (Å²) in [6, 6.07) is 7.04. The predicted molar refractivity (Wildman–Crippen MR) is 70.2 cm³/mol. The number of carboxylic acids is 1. The van der Waals surface area contributed by atoms with Gasteiger partial charge in [0.05, 0.1) is 0 Å². The second kappa shape index (κ2) is 5.10. The SMILES string of the molecule is C[C@@H](NC(=O)C1CC1c1ccc(Br)cc1)C(=O)O. The minimum atomic E-state index is -1.01. The Kier molecular flexibility index (Phi) is 3.71. The van der Waals surface area contributed by atoms with Crippen LogP contribution in [-0.4, -0.2) is 23.0 Å². The molecule has 1 aromatic carbocycles. The van der Waals surface area contributed by atoms with Crippen LogP contribution in [0.15, 0.2) is 28.7 Å². The molecule has 0 spiro atoms. The highest BCUT2D eigenvalue weighted by molar-refractivity contribution is 9.10. The molecule has 96 valence electrons. The molecular weight excluding hydrogens is 298 g/mol. The first-order valence-corrected chi connectivity index (χ1v) is 6.57. The number of aliphatic carboxylic acids is 1. The molecule has 18 heavy (non-hydrogen) atoms. The van der Waals surface area contributed by atoms with E-state index in [0.29, 0.717) is 0 Å². The molecule has 0 saturated heterocycles. The highest BCUT2D eigenvalue weighted by Crippen LogP contribution is 2.47. The van der Waals surface area contributed by atoms with Gasteiger partial charge in [-0.1, -0.05) is 28.1 Å². The van der Waals surface area contributed by atoms with Gasteiger partial charge in [0.1, 0.15) is 6.04 Å². The molecule has 0 radical (unpaired) electrons. The molecule has 1 aliphatic carbocycles. The van der Waals surface area contributed by atoms with Crippen molar-refractivity contribution in [1.82, 2.24) is 5.32 Å². The summed E-state index contributed by atoms with van der Waals surface area (Å²) in [6.45, 7) is 1.47. The molecule has 2 rings (SSSR count). The Morgan fingerprint density at radius 1 is 1.39 bits per heavy atom.